The molecular weight excluding hydrogens is 735 g/mol. The molecule has 0 saturated heterocycles. The largest absolute Gasteiger partial charge is 0.278 e. The number of imidazole rings is 1. The van der Waals surface area contributed by atoms with E-state index in [4.69, 9.17) is 24.9 Å². The molecule has 0 N–H and O–H groups in total. The van der Waals surface area contributed by atoms with E-state index in [1.165, 1.54) is 10.8 Å². The van der Waals surface area contributed by atoms with Gasteiger partial charge in [0.2, 0.25) is 5.95 Å². The van der Waals surface area contributed by atoms with Crippen LogP contribution in [0.5, 0.6) is 0 Å². The summed E-state index contributed by atoms with van der Waals surface area (Å²) in [6.07, 6.45) is 0. The van der Waals surface area contributed by atoms with Crippen molar-refractivity contribution in [3.63, 3.8) is 0 Å². The molecule has 13 rings (SSSR count). The zero-order chi connectivity index (χ0) is 39.3. The Morgan fingerprint density at radius 2 is 0.867 bits per heavy atom. The molecule has 0 aliphatic carbocycles. The maximum absolute atomic E-state index is 5.44. The Bertz CT molecular complexity index is 3820. The lowest BCUT2D eigenvalue weighted by Gasteiger charge is -2.15. The molecule has 0 spiro atoms. The van der Waals surface area contributed by atoms with Crippen LogP contribution in [0.3, 0.4) is 0 Å². The fourth-order valence-electron chi connectivity index (χ4n) is 9.10. The highest BCUT2D eigenvalue weighted by Crippen LogP contribution is 2.42. The second kappa shape index (κ2) is 12.6. The standard InChI is InChI=1S/C53H31N7/c1-3-15-34-29-36(27-25-32(34)13-1)49-56-50(37-28-26-33-14-2-4-16-35(33)30-37)58-51(57-49)43-31-42-39-18-8-11-23-46(39)59(48(42)40-19-6-5-17-38(40)43)53-55-44-21-9-7-20-41(44)52-54-45-22-10-12-24-47(45)60(52)53/h1-31H. The van der Waals surface area contributed by atoms with Crippen LogP contribution in [0.15, 0.2) is 188 Å². The first kappa shape index (κ1) is 32.8. The van der Waals surface area contributed by atoms with E-state index in [0.29, 0.717) is 17.5 Å². The molecule has 0 amide bonds. The molecule has 278 valence electrons. The number of benzene rings is 9. The first-order valence-corrected chi connectivity index (χ1v) is 20.1. The third-order valence-corrected chi connectivity index (χ3v) is 11.9. The van der Waals surface area contributed by atoms with E-state index >= 15 is 0 Å². The molecule has 0 aliphatic heterocycles. The molecule has 0 aliphatic rings. The number of aromatic nitrogens is 7. The topological polar surface area (TPSA) is 73.8 Å². The Kier molecular flexibility index (Phi) is 6.88. The van der Waals surface area contributed by atoms with Gasteiger partial charge in [0.1, 0.15) is 5.65 Å². The van der Waals surface area contributed by atoms with Crippen molar-refractivity contribution in [3.8, 4) is 40.1 Å². The van der Waals surface area contributed by atoms with E-state index in [1.807, 2.05) is 12.1 Å². The summed E-state index contributed by atoms with van der Waals surface area (Å²) in [6, 6.07) is 65.6. The minimum Gasteiger partial charge on any atom is -0.278 e. The van der Waals surface area contributed by atoms with Gasteiger partial charge in [0.25, 0.3) is 0 Å². The maximum atomic E-state index is 5.44. The fraction of sp³-hybridized carbons (Fsp3) is 0. The number of rotatable bonds is 4. The van der Waals surface area contributed by atoms with Crippen molar-refractivity contribution in [3.05, 3.63) is 188 Å². The van der Waals surface area contributed by atoms with Gasteiger partial charge in [-0.25, -0.2) is 24.9 Å². The van der Waals surface area contributed by atoms with Crippen LogP contribution in [0, 0.1) is 0 Å². The molecular formula is C53H31N7. The van der Waals surface area contributed by atoms with E-state index in [0.717, 1.165) is 93.6 Å². The zero-order valence-corrected chi connectivity index (χ0v) is 32.0. The average molecular weight is 766 g/mol. The van der Waals surface area contributed by atoms with Crippen LogP contribution in [-0.4, -0.2) is 33.9 Å². The number of fused-ring (bicyclic) bond motifs is 12. The van der Waals surface area contributed by atoms with Gasteiger partial charge in [-0.15, -0.1) is 0 Å². The Labute approximate surface area is 342 Å². The van der Waals surface area contributed by atoms with Gasteiger partial charge in [-0.2, -0.15) is 0 Å². The van der Waals surface area contributed by atoms with Crippen LogP contribution in [0.2, 0.25) is 0 Å². The molecule has 0 saturated carbocycles. The van der Waals surface area contributed by atoms with Gasteiger partial charge >= 0.3 is 0 Å². The molecule has 7 nitrogen and oxygen atoms in total. The fourth-order valence-corrected chi connectivity index (χ4v) is 9.10. The zero-order valence-electron chi connectivity index (χ0n) is 32.0. The summed E-state index contributed by atoms with van der Waals surface area (Å²) < 4.78 is 4.53. The van der Waals surface area contributed by atoms with Crippen LogP contribution in [0.25, 0.3) is 122 Å². The van der Waals surface area contributed by atoms with Gasteiger partial charge in [0, 0.05) is 38.2 Å². The highest BCUT2D eigenvalue weighted by atomic mass is 15.2. The Balaban J connectivity index is 1.13. The lowest BCUT2D eigenvalue weighted by molar-refractivity contribution is 0.981. The van der Waals surface area contributed by atoms with Crippen molar-refractivity contribution in [1.82, 2.24) is 33.9 Å². The second-order valence-corrected chi connectivity index (χ2v) is 15.3. The third-order valence-electron chi connectivity index (χ3n) is 11.9. The third kappa shape index (κ3) is 4.86. The van der Waals surface area contributed by atoms with E-state index in [-0.39, 0.29) is 0 Å². The van der Waals surface area contributed by atoms with Crippen molar-refractivity contribution in [1.29, 1.82) is 0 Å². The number of hydrogen-bond donors (Lipinski definition) is 0. The van der Waals surface area contributed by atoms with Crippen molar-refractivity contribution in [2.75, 3.05) is 0 Å². The minimum atomic E-state index is 0.609. The smallest absolute Gasteiger partial charge is 0.221 e. The van der Waals surface area contributed by atoms with Crippen molar-refractivity contribution in [2.24, 2.45) is 0 Å². The summed E-state index contributed by atoms with van der Waals surface area (Å²) in [6.45, 7) is 0. The molecule has 7 heteroatoms. The molecule has 9 aromatic carbocycles. The minimum absolute atomic E-state index is 0.609. The maximum Gasteiger partial charge on any atom is 0.221 e. The van der Waals surface area contributed by atoms with Gasteiger partial charge in [0.05, 0.1) is 27.6 Å². The van der Waals surface area contributed by atoms with Crippen molar-refractivity contribution in [2.45, 2.75) is 0 Å². The molecule has 4 aromatic heterocycles. The van der Waals surface area contributed by atoms with Gasteiger partial charge in [0.15, 0.2) is 17.5 Å². The summed E-state index contributed by atoms with van der Waals surface area (Å²) in [5.41, 5.74) is 8.56. The van der Waals surface area contributed by atoms with Gasteiger partial charge in [-0.3, -0.25) is 8.97 Å². The lowest BCUT2D eigenvalue weighted by atomic mass is 9.99. The quantitative estimate of drug-likeness (QED) is 0.178. The van der Waals surface area contributed by atoms with Crippen LogP contribution in [0.1, 0.15) is 0 Å². The van der Waals surface area contributed by atoms with E-state index < -0.39 is 0 Å². The summed E-state index contributed by atoms with van der Waals surface area (Å²) in [4.78, 5) is 26.4. The SMILES string of the molecule is c1ccc2cc(-c3nc(-c4ccc5ccccc5c4)nc(-c4cc5c6ccccc6n(-c6nc7ccccc7c7nc8ccccc8n67)c5c5ccccc45)n3)ccc2c1. The highest BCUT2D eigenvalue weighted by Gasteiger charge is 2.24. The molecule has 0 radical (unpaired) electrons. The Morgan fingerprint density at radius 3 is 1.57 bits per heavy atom. The molecule has 0 atom stereocenters. The van der Waals surface area contributed by atoms with E-state index in [2.05, 4.69) is 185 Å². The lowest BCUT2D eigenvalue weighted by Crippen LogP contribution is -2.06. The average Bonchev–Trinajstić information content (AvgIpc) is 3.87. The van der Waals surface area contributed by atoms with Crippen molar-refractivity contribution < 1.29 is 0 Å². The van der Waals surface area contributed by atoms with Crippen LogP contribution in [0.4, 0.5) is 0 Å². The molecule has 0 fully saturated rings. The van der Waals surface area contributed by atoms with Gasteiger partial charge < -0.3 is 0 Å². The van der Waals surface area contributed by atoms with Crippen LogP contribution < -0.4 is 0 Å². The predicted molar refractivity (Wildman–Crippen MR) is 245 cm³/mol. The number of nitrogens with zero attached hydrogens (tertiary/aromatic N) is 7. The predicted octanol–water partition coefficient (Wildman–Crippen LogP) is 12.8. The Morgan fingerprint density at radius 1 is 0.333 bits per heavy atom. The van der Waals surface area contributed by atoms with Crippen molar-refractivity contribution >= 4 is 81.7 Å². The highest BCUT2D eigenvalue weighted by molar-refractivity contribution is 6.22. The Hall–Kier alpha value is -8.29. The number of hydrogen-bond acceptors (Lipinski definition) is 5. The summed E-state index contributed by atoms with van der Waals surface area (Å²) >= 11 is 0. The summed E-state index contributed by atoms with van der Waals surface area (Å²) in [5, 5.41) is 9.87. The normalized spacial score (nSPS) is 12.0. The van der Waals surface area contributed by atoms with Crippen LogP contribution >= 0.6 is 0 Å². The molecule has 0 bridgehead atoms. The summed E-state index contributed by atoms with van der Waals surface area (Å²) in [7, 11) is 0. The second-order valence-electron chi connectivity index (χ2n) is 15.3. The molecule has 0 unspecified atom stereocenters. The first-order valence-electron chi connectivity index (χ1n) is 20.1. The van der Waals surface area contributed by atoms with Gasteiger partial charge in [-0.05, 0) is 75.5 Å². The number of para-hydroxylation sites is 4. The van der Waals surface area contributed by atoms with Gasteiger partial charge in [-0.1, -0.05) is 140 Å². The molecule has 60 heavy (non-hydrogen) atoms. The molecule has 13 aromatic rings. The molecule has 4 heterocycles. The van der Waals surface area contributed by atoms with Crippen LogP contribution in [-0.2, 0) is 0 Å². The summed E-state index contributed by atoms with van der Waals surface area (Å²) in [5.74, 6) is 2.63. The monoisotopic (exact) mass is 765 g/mol. The van der Waals surface area contributed by atoms with E-state index in [9.17, 15) is 0 Å². The first-order chi connectivity index (χ1) is 29.7. The van der Waals surface area contributed by atoms with E-state index in [1.54, 1.807) is 0 Å².